The van der Waals surface area contributed by atoms with E-state index < -0.39 is 12.1 Å². The van der Waals surface area contributed by atoms with Crippen LogP contribution < -0.4 is 22.5 Å². The summed E-state index contributed by atoms with van der Waals surface area (Å²) in [5, 5.41) is 2.71. The van der Waals surface area contributed by atoms with Gasteiger partial charge < -0.3 is 27.4 Å². The highest BCUT2D eigenvalue weighted by Gasteiger charge is 2.36. The molecule has 0 aliphatic carbocycles. The number of nitrogens with one attached hydrogen (secondary N) is 1. The summed E-state index contributed by atoms with van der Waals surface area (Å²) in [6, 6.07) is -1.18. The van der Waals surface area contributed by atoms with Crippen molar-refractivity contribution in [3.05, 3.63) is 0 Å². The maximum absolute atomic E-state index is 12.9. The summed E-state index contributed by atoms with van der Waals surface area (Å²) in [5.41, 5.74) is 15.9. The van der Waals surface area contributed by atoms with Crippen LogP contribution in [0.25, 0.3) is 0 Å². The van der Waals surface area contributed by atoms with Crippen LogP contribution in [0.2, 0.25) is 0 Å². The number of hydrogen-bond donors (Lipinski definition) is 5. The van der Waals surface area contributed by atoms with Gasteiger partial charge in [-0.05, 0) is 25.7 Å². The molecule has 0 aromatic carbocycles. The average molecular weight is 372 g/mol. The second kappa shape index (κ2) is 10.9. The Morgan fingerprint density at radius 3 is 2.64 bits per heavy atom. The molecule has 1 heterocycles. The van der Waals surface area contributed by atoms with Crippen LogP contribution in [0.4, 0.5) is 0 Å². The molecule has 25 heavy (non-hydrogen) atoms. The second-order valence-corrected chi connectivity index (χ2v) is 6.24. The van der Waals surface area contributed by atoms with Crippen LogP contribution in [0.5, 0.6) is 0 Å². The molecule has 1 rings (SSSR count). The van der Waals surface area contributed by atoms with Gasteiger partial charge in [0.25, 0.3) is 0 Å². The van der Waals surface area contributed by atoms with Crippen molar-refractivity contribution in [2.75, 3.05) is 25.4 Å². The molecule has 0 spiro atoms. The van der Waals surface area contributed by atoms with Gasteiger partial charge in [0.05, 0.1) is 11.8 Å². The smallest absolute Gasteiger partial charge is 0.245 e. The Labute approximate surface area is 153 Å². The van der Waals surface area contributed by atoms with Gasteiger partial charge in [-0.2, -0.15) is 12.6 Å². The third-order valence-corrected chi connectivity index (χ3v) is 4.33. The van der Waals surface area contributed by atoms with Gasteiger partial charge in [0.2, 0.25) is 11.8 Å². The zero-order valence-corrected chi connectivity index (χ0v) is 15.2. The molecule has 0 aromatic rings. The van der Waals surface area contributed by atoms with E-state index in [1.165, 1.54) is 0 Å². The van der Waals surface area contributed by atoms with Crippen molar-refractivity contribution < 1.29 is 14.4 Å². The third kappa shape index (κ3) is 6.91. The molecule has 2 atom stereocenters. The molecule has 1 aliphatic heterocycles. The maximum atomic E-state index is 12.9. The first-order valence-electron chi connectivity index (χ1n) is 8.39. The van der Waals surface area contributed by atoms with Crippen molar-refractivity contribution in [2.24, 2.45) is 22.2 Å². The molecule has 0 bridgehead atoms. The van der Waals surface area contributed by atoms with Gasteiger partial charge in [-0.15, -0.1) is 0 Å². The van der Waals surface area contributed by atoms with Crippen LogP contribution in [0.15, 0.2) is 4.99 Å². The molecule has 9 nitrogen and oxygen atoms in total. The largest absolute Gasteiger partial charge is 0.370 e. The quantitative estimate of drug-likeness (QED) is 0.134. The van der Waals surface area contributed by atoms with E-state index >= 15 is 0 Å². The number of nitrogens with zero attached hydrogens (tertiary/aromatic N) is 2. The minimum absolute atomic E-state index is 0.0194. The highest BCUT2D eigenvalue weighted by molar-refractivity contribution is 7.81. The highest BCUT2D eigenvalue weighted by Crippen LogP contribution is 2.20. The molecule has 1 fully saturated rings. The molecule has 7 N–H and O–H groups in total. The highest BCUT2D eigenvalue weighted by atomic mass is 32.1. The molecule has 1 aliphatic rings. The first kappa shape index (κ1) is 21.2. The molecule has 0 radical (unpaired) electrons. The standard InChI is InChI=1S/C15H28N6O3S/c16-6-5-13(23)20-10(3-1-7-19-15(17)18)14(24)21-8-2-4-11(21)12(22)9-25/h10-11,25H,1-9,16H2,(H,20,23)(H4,17,18,19). The fourth-order valence-electron chi connectivity index (χ4n) is 2.83. The van der Waals surface area contributed by atoms with Crippen LogP contribution in [0.1, 0.15) is 32.1 Å². The average Bonchev–Trinajstić information content (AvgIpc) is 3.05. The Morgan fingerprint density at radius 1 is 1.32 bits per heavy atom. The number of Topliss-reactive ketones (excluding diaryl/α,β-unsaturated/α-hetero) is 1. The number of thiol groups is 1. The first-order chi connectivity index (χ1) is 11.9. The van der Waals surface area contributed by atoms with Crippen molar-refractivity contribution in [3.8, 4) is 0 Å². The number of carbonyl (C=O) groups is 3. The van der Waals surface area contributed by atoms with Crippen molar-refractivity contribution in [1.82, 2.24) is 10.2 Å². The van der Waals surface area contributed by atoms with Crippen molar-refractivity contribution >= 4 is 36.2 Å². The number of guanidine groups is 1. The molecular formula is C15H28N6O3S. The maximum Gasteiger partial charge on any atom is 0.245 e. The summed E-state index contributed by atoms with van der Waals surface area (Å²) in [5.74, 6) is -0.564. The van der Waals surface area contributed by atoms with Gasteiger partial charge in [0, 0.05) is 26.1 Å². The van der Waals surface area contributed by atoms with E-state index in [1.807, 2.05) is 0 Å². The monoisotopic (exact) mass is 372 g/mol. The molecule has 2 unspecified atom stereocenters. The fourth-order valence-corrected chi connectivity index (χ4v) is 3.04. The summed E-state index contributed by atoms with van der Waals surface area (Å²) in [6.45, 7) is 1.06. The van der Waals surface area contributed by atoms with Crippen molar-refractivity contribution in [3.63, 3.8) is 0 Å². The lowest BCUT2D eigenvalue weighted by molar-refractivity contribution is -0.140. The Balaban J connectivity index is 2.77. The van der Waals surface area contributed by atoms with Gasteiger partial charge in [0.15, 0.2) is 11.7 Å². The van der Waals surface area contributed by atoms with E-state index in [0.29, 0.717) is 32.4 Å². The van der Waals surface area contributed by atoms with Gasteiger partial charge in [-0.25, -0.2) is 0 Å². The van der Waals surface area contributed by atoms with Gasteiger partial charge in [-0.3, -0.25) is 19.4 Å². The summed E-state index contributed by atoms with van der Waals surface area (Å²) in [6.07, 6.45) is 2.42. The Kier molecular flexibility index (Phi) is 9.28. The number of hydrogen-bond acceptors (Lipinski definition) is 6. The van der Waals surface area contributed by atoms with Crippen LogP contribution in [0.3, 0.4) is 0 Å². The molecule has 1 saturated heterocycles. The lowest BCUT2D eigenvalue weighted by Crippen LogP contribution is -2.52. The lowest BCUT2D eigenvalue weighted by Gasteiger charge is -2.28. The van der Waals surface area contributed by atoms with Crippen LogP contribution >= 0.6 is 12.6 Å². The zero-order valence-electron chi connectivity index (χ0n) is 14.3. The van der Waals surface area contributed by atoms with Crippen LogP contribution in [-0.4, -0.2) is 65.9 Å². The molecule has 0 saturated carbocycles. The van der Waals surface area contributed by atoms with E-state index in [0.717, 1.165) is 6.42 Å². The van der Waals surface area contributed by atoms with Gasteiger partial charge in [0.1, 0.15) is 6.04 Å². The second-order valence-electron chi connectivity index (χ2n) is 5.92. The predicted octanol–water partition coefficient (Wildman–Crippen LogP) is -1.64. The topological polar surface area (TPSA) is 157 Å². The van der Waals surface area contributed by atoms with Crippen molar-refractivity contribution in [2.45, 2.75) is 44.2 Å². The number of likely N-dealkylation sites (tertiary alicyclic amines) is 1. The van der Waals surface area contributed by atoms with Gasteiger partial charge in [-0.1, -0.05) is 0 Å². The first-order valence-corrected chi connectivity index (χ1v) is 9.02. The Hall–Kier alpha value is -1.81. The third-order valence-electron chi connectivity index (χ3n) is 4.01. The minimum atomic E-state index is -0.721. The predicted molar refractivity (Wildman–Crippen MR) is 99.1 cm³/mol. The summed E-state index contributed by atoms with van der Waals surface area (Å²) in [7, 11) is 0. The summed E-state index contributed by atoms with van der Waals surface area (Å²) >= 11 is 4.01. The Morgan fingerprint density at radius 2 is 2.04 bits per heavy atom. The number of carbonyl (C=O) groups excluding carboxylic acids is 3. The van der Waals surface area contributed by atoms with E-state index in [9.17, 15) is 14.4 Å². The van der Waals surface area contributed by atoms with Crippen LogP contribution in [0, 0.1) is 0 Å². The number of nitrogens with two attached hydrogens (primary N) is 3. The zero-order chi connectivity index (χ0) is 18.8. The Bertz CT molecular complexity index is 509. The number of amides is 2. The molecule has 142 valence electrons. The molecular weight excluding hydrogens is 344 g/mol. The van der Waals surface area contributed by atoms with E-state index in [-0.39, 0.29) is 42.3 Å². The minimum Gasteiger partial charge on any atom is -0.370 e. The molecule has 2 amide bonds. The van der Waals surface area contributed by atoms with E-state index in [2.05, 4.69) is 22.9 Å². The lowest BCUT2D eigenvalue weighted by atomic mass is 10.1. The van der Waals surface area contributed by atoms with Crippen LogP contribution in [-0.2, 0) is 14.4 Å². The number of rotatable bonds is 10. The number of ketones is 1. The van der Waals surface area contributed by atoms with E-state index in [4.69, 9.17) is 17.2 Å². The number of aliphatic imine (C=N–C) groups is 1. The summed E-state index contributed by atoms with van der Waals surface area (Å²) in [4.78, 5) is 42.2. The fraction of sp³-hybridized carbons (Fsp3) is 0.733. The SMILES string of the molecule is NCCC(=O)NC(CCCN=C(N)N)C(=O)N1CCCC1C(=O)CS. The van der Waals surface area contributed by atoms with E-state index in [1.54, 1.807) is 4.90 Å². The summed E-state index contributed by atoms with van der Waals surface area (Å²) < 4.78 is 0. The van der Waals surface area contributed by atoms with Crippen molar-refractivity contribution in [1.29, 1.82) is 0 Å². The normalized spacial score (nSPS) is 17.8. The van der Waals surface area contributed by atoms with Gasteiger partial charge >= 0.3 is 0 Å². The molecule has 10 heteroatoms. The molecule has 0 aromatic heterocycles.